The summed E-state index contributed by atoms with van der Waals surface area (Å²) in [6, 6.07) is 17.8. The molecule has 0 bridgehead atoms. The number of ether oxygens (including phenoxy) is 4. The van der Waals surface area contributed by atoms with Crippen LogP contribution in [0.25, 0.3) is 0 Å². The number of esters is 1. The topological polar surface area (TPSA) is 112 Å². The molecule has 2 aromatic carbocycles. The van der Waals surface area contributed by atoms with Crippen molar-refractivity contribution >= 4 is 23.5 Å². The third-order valence-electron chi connectivity index (χ3n) is 6.81. The van der Waals surface area contributed by atoms with Gasteiger partial charge in [-0.3, -0.25) is 4.79 Å². The van der Waals surface area contributed by atoms with Crippen LogP contribution in [0, 0.1) is 11.8 Å². The van der Waals surface area contributed by atoms with Gasteiger partial charge in [0, 0.05) is 25.2 Å². The molecule has 1 unspecified atom stereocenters. The molecule has 1 aliphatic carbocycles. The molecule has 8 nitrogen and oxygen atoms in total. The predicted molar refractivity (Wildman–Crippen MR) is 140 cm³/mol. The van der Waals surface area contributed by atoms with Crippen LogP contribution in [-0.4, -0.2) is 53.9 Å². The molecule has 5 atom stereocenters. The second-order valence-electron chi connectivity index (χ2n) is 9.49. The molecule has 0 radical (unpaired) electrons. The SMILES string of the molecule is O=C(O)C[C@H]1[C@H](C(OC2CCCCO2)=C(Cl)CCOc2ccccc2)[C@H](OC(=O)c2ccccc2)C[C@H]1O. The molecule has 0 aromatic heterocycles. The number of para-hydroxylation sites is 1. The third-order valence-corrected chi connectivity index (χ3v) is 7.18. The summed E-state index contributed by atoms with van der Waals surface area (Å²) in [6.45, 7) is 0.777. The van der Waals surface area contributed by atoms with Crippen molar-refractivity contribution in [3.05, 3.63) is 77.0 Å². The molecule has 204 valence electrons. The van der Waals surface area contributed by atoms with Gasteiger partial charge in [0.2, 0.25) is 0 Å². The van der Waals surface area contributed by atoms with E-state index in [0.717, 1.165) is 12.8 Å². The standard InChI is InChI=1S/C29H33ClO8/c30-22(14-16-35-20-11-5-2-6-12-20)28(38-26-13-7-8-15-36-26)27-21(17-25(32)33)23(31)18-24(27)37-29(34)19-9-3-1-4-10-19/h1-6,9-12,21,23-24,26-27,31H,7-8,13-18H2,(H,32,33)/t21-,23-,24-,26?,27+/m1/s1. The highest BCUT2D eigenvalue weighted by atomic mass is 35.5. The summed E-state index contributed by atoms with van der Waals surface area (Å²) in [4.78, 5) is 24.7. The maximum atomic E-state index is 12.9. The van der Waals surface area contributed by atoms with Crippen LogP contribution in [0.4, 0.5) is 0 Å². The second-order valence-corrected chi connectivity index (χ2v) is 9.95. The van der Waals surface area contributed by atoms with E-state index in [4.69, 9.17) is 30.5 Å². The number of aliphatic hydroxyl groups excluding tert-OH is 1. The van der Waals surface area contributed by atoms with Crippen LogP contribution in [0.1, 0.15) is 48.9 Å². The minimum Gasteiger partial charge on any atom is -0.493 e. The van der Waals surface area contributed by atoms with Crippen molar-refractivity contribution in [3.8, 4) is 5.75 Å². The fourth-order valence-electron chi connectivity index (χ4n) is 4.97. The van der Waals surface area contributed by atoms with E-state index in [1.807, 2.05) is 30.3 Å². The monoisotopic (exact) mass is 544 g/mol. The number of carbonyl (C=O) groups excluding carboxylic acids is 1. The first kappa shape index (κ1) is 28.0. The van der Waals surface area contributed by atoms with Crippen LogP contribution in [0.5, 0.6) is 5.75 Å². The van der Waals surface area contributed by atoms with Gasteiger partial charge < -0.3 is 29.2 Å². The number of carbonyl (C=O) groups is 2. The van der Waals surface area contributed by atoms with Crippen molar-refractivity contribution in [2.75, 3.05) is 13.2 Å². The van der Waals surface area contributed by atoms with Gasteiger partial charge in [-0.2, -0.15) is 0 Å². The molecule has 9 heteroatoms. The number of benzene rings is 2. The van der Waals surface area contributed by atoms with E-state index in [2.05, 4.69) is 0 Å². The Hall–Kier alpha value is -3.07. The number of carboxylic acids is 1. The Morgan fingerprint density at radius 2 is 1.71 bits per heavy atom. The van der Waals surface area contributed by atoms with Crippen LogP contribution >= 0.6 is 11.6 Å². The highest BCUT2D eigenvalue weighted by Gasteiger charge is 2.49. The van der Waals surface area contributed by atoms with Crippen molar-refractivity contribution in [2.45, 2.75) is 57.0 Å². The van der Waals surface area contributed by atoms with Crippen LogP contribution < -0.4 is 4.74 Å². The lowest BCUT2D eigenvalue weighted by Crippen LogP contribution is -2.33. The third kappa shape index (κ3) is 7.49. The van der Waals surface area contributed by atoms with Crippen molar-refractivity contribution in [2.24, 2.45) is 11.8 Å². The quantitative estimate of drug-likeness (QED) is 0.295. The van der Waals surface area contributed by atoms with Crippen molar-refractivity contribution in [1.82, 2.24) is 0 Å². The van der Waals surface area contributed by atoms with Crippen molar-refractivity contribution < 1.29 is 38.7 Å². The summed E-state index contributed by atoms with van der Waals surface area (Å²) in [7, 11) is 0. The van der Waals surface area contributed by atoms with Gasteiger partial charge in [0.1, 0.15) is 17.6 Å². The van der Waals surface area contributed by atoms with Crippen LogP contribution in [0.2, 0.25) is 0 Å². The number of halogens is 1. The van der Waals surface area contributed by atoms with Gasteiger partial charge in [-0.05, 0) is 37.1 Å². The van der Waals surface area contributed by atoms with Crippen LogP contribution in [0.15, 0.2) is 71.5 Å². The van der Waals surface area contributed by atoms with Gasteiger partial charge in [-0.1, -0.05) is 48.0 Å². The summed E-state index contributed by atoms with van der Waals surface area (Å²) in [5.41, 5.74) is 0.354. The van der Waals surface area contributed by atoms with Crippen molar-refractivity contribution in [1.29, 1.82) is 0 Å². The van der Waals surface area contributed by atoms with Gasteiger partial charge >= 0.3 is 11.9 Å². The van der Waals surface area contributed by atoms with E-state index < -0.39 is 42.3 Å². The number of aliphatic carboxylic acids is 1. The zero-order chi connectivity index (χ0) is 26.9. The van der Waals surface area contributed by atoms with Crippen LogP contribution in [0.3, 0.4) is 0 Å². The molecule has 38 heavy (non-hydrogen) atoms. The van der Waals surface area contributed by atoms with E-state index in [9.17, 15) is 19.8 Å². The number of carboxylic acid groups (broad SMARTS) is 1. The summed E-state index contributed by atoms with van der Waals surface area (Å²) >= 11 is 6.83. The van der Waals surface area contributed by atoms with Gasteiger partial charge in [0.05, 0.1) is 42.3 Å². The van der Waals surface area contributed by atoms with E-state index in [1.54, 1.807) is 30.3 Å². The molecular formula is C29H33ClO8. The maximum Gasteiger partial charge on any atom is 0.338 e. The molecule has 1 aliphatic heterocycles. The molecule has 0 amide bonds. The van der Waals surface area contributed by atoms with Gasteiger partial charge in [-0.15, -0.1) is 0 Å². The minimum atomic E-state index is -1.08. The Morgan fingerprint density at radius 3 is 2.37 bits per heavy atom. The Kier molecular flexibility index (Phi) is 10.0. The van der Waals surface area contributed by atoms with E-state index in [1.165, 1.54) is 0 Å². The molecule has 1 saturated carbocycles. The summed E-state index contributed by atoms with van der Waals surface area (Å²) in [5.74, 6) is -2.23. The Labute approximate surface area is 227 Å². The molecule has 0 spiro atoms. The van der Waals surface area contributed by atoms with E-state index in [0.29, 0.717) is 29.4 Å². The Balaban J connectivity index is 1.62. The molecule has 1 saturated heterocycles. The predicted octanol–water partition coefficient (Wildman–Crippen LogP) is 5.15. The fraction of sp³-hybridized carbons (Fsp3) is 0.448. The largest absolute Gasteiger partial charge is 0.493 e. The zero-order valence-electron chi connectivity index (χ0n) is 21.0. The average Bonchev–Trinajstić information content (AvgIpc) is 3.22. The molecule has 2 aromatic rings. The molecule has 4 rings (SSSR count). The minimum absolute atomic E-state index is 0.0598. The molecule has 2 N–H and O–H groups in total. The first-order valence-electron chi connectivity index (χ1n) is 12.9. The zero-order valence-corrected chi connectivity index (χ0v) is 21.8. The Morgan fingerprint density at radius 1 is 1.00 bits per heavy atom. The lowest BCUT2D eigenvalue weighted by molar-refractivity contribution is -0.150. The maximum absolute atomic E-state index is 12.9. The molecule has 2 aliphatic rings. The lowest BCUT2D eigenvalue weighted by Gasteiger charge is -2.32. The average molecular weight is 545 g/mol. The summed E-state index contributed by atoms with van der Waals surface area (Å²) < 4.78 is 23.7. The van der Waals surface area contributed by atoms with Crippen molar-refractivity contribution in [3.63, 3.8) is 0 Å². The molecule has 2 fully saturated rings. The fourth-order valence-corrected chi connectivity index (χ4v) is 5.22. The highest BCUT2D eigenvalue weighted by molar-refractivity contribution is 6.29. The molecular weight excluding hydrogens is 512 g/mol. The van der Waals surface area contributed by atoms with Gasteiger partial charge in [0.25, 0.3) is 0 Å². The van der Waals surface area contributed by atoms with Gasteiger partial charge in [0.15, 0.2) is 6.29 Å². The summed E-state index contributed by atoms with van der Waals surface area (Å²) in [5, 5.41) is 20.8. The first-order valence-corrected chi connectivity index (χ1v) is 13.3. The van der Waals surface area contributed by atoms with E-state index in [-0.39, 0.29) is 31.6 Å². The smallest absolute Gasteiger partial charge is 0.338 e. The molecule has 1 heterocycles. The van der Waals surface area contributed by atoms with E-state index >= 15 is 0 Å². The number of hydrogen-bond acceptors (Lipinski definition) is 7. The first-order chi connectivity index (χ1) is 18.4. The van der Waals surface area contributed by atoms with Gasteiger partial charge in [-0.25, -0.2) is 4.79 Å². The summed E-state index contributed by atoms with van der Waals surface area (Å²) in [6.07, 6.45) is 0.00902. The number of aliphatic hydroxyl groups is 1. The number of hydrogen-bond donors (Lipinski definition) is 2. The lowest BCUT2D eigenvalue weighted by atomic mass is 9.88. The second kappa shape index (κ2) is 13.6. The normalized spacial score (nSPS) is 25.8. The van der Waals surface area contributed by atoms with Crippen LogP contribution in [-0.2, 0) is 19.0 Å². The number of rotatable bonds is 11. The highest BCUT2D eigenvalue weighted by Crippen LogP contribution is 2.44. The Bertz CT molecular complexity index is 1080.